The third-order valence-electron chi connectivity index (χ3n) is 5.02. The van der Waals surface area contributed by atoms with E-state index < -0.39 is 17.5 Å². The van der Waals surface area contributed by atoms with Crippen LogP contribution in [0.5, 0.6) is 11.5 Å². The minimum absolute atomic E-state index is 0.188. The lowest BCUT2D eigenvalue weighted by molar-refractivity contribution is -0.633. The number of primary amides is 1. The number of ether oxygens (including phenoxy) is 1. The van der Waals surface area contributed by atoms with Crippen LogP contribution in [-0.2, 0) is 7.05 Å². The van der Waals surface area contributed by atoms with Crippen molar-refractivity contribution in [1.29, 1.82) is 0 Å². The maximum absolute atomic E-state index is 15.2. The molecule has 4 aromatic rings. The van der Waals surface area contributed by atoms with Crippen molar-refractivity contribution >= 4 is 27.6 Å². The first kappa shape index (κ1) is 15.7. The molecule has 5 rings (SSSR count). The molecule has 1 aliphatic heterocycles. The third kappa shape index (κ3) is 2.01. The van der Waals surface area contributed by atoms with E-state index in [2.05, 4.69) is 0 Å². The molecule has 0 unspecified atom stereocenters. The molecule has 0 atom stereocenters. The SMILES string of the molecule is C[n+]1c2c3c(cccc3c3ccc(C(N)=O)c(F)c31)Oc1ccc(F)cc1-2. The number of pyridine rings is 1. The van der Waals surface area contributed by atoms with Crippen LogP contribution in [0.4, 0.5) is 8.78 Å². The summed E-state index contributed by atoms with van der Waals surface area (Å²) in [6.45, 7) is 0. The summed E-state index contributed by atoms with van der Waals surface area (Å²) in [6.07, 6.45) is 0. The number of benzene rings is 3. The first-order valence-corrected chi connectivity index (χ1v) is 8.32. The Bertz CT molecular complexity index is 1320. The number of fused-ring (bicyclic) bond motifs is 4. The van der Waals surface area contributed by atoms with Gasteiger partial charge in [0.25, 0.3) is 5.91 Å². The number of hydrogen-bond donors (Lipinski definition) is 1. The van der Waals surface area contributed by atoms with Crippen molar-refractivity contribution in [3.05, 3.63) is 65.7 Å². The Morgan fingerprint density at radius 3 is 2.63 bits per heavy atom. The van der Waals surface area contributed by atoms with Crippen LogP contribution in [0.2, 0.25) is 0 Å². The second kappa shape index (κ2) is 5.23. The Labute approximate surface area is 152 Å². The van der Waals surface area contributed by atoms with Crippen LogP contribution in [0.25, 0.3) is 32.9 Å². The molecule has 0 bridgehead atoms. The average Bonchev–Trinajstić information content (AvgIpc) is 2.64. The molecule has 0 fully saturated rings. The number of rotatable bonds is 1. The zero-order valence-corrected chi connectivity index (χ0v) is 14.2. The van der Waals surface area contributed by atoms with Crippen molar-refractivity contribution in [3.63, 3.8) is 0 Å². The number of carbonyl (C=O) groups is 1. The number of halogens is 2. The van der Waals surface area contributed by atoms with Gasteiger partial charge in [-0.3, -0.25) is 4.79 Å². The Balaban J connectivity index is 2.06. The van der Waals surface area contributed by atoms with Gasteiger partial charge in [-0.1, -0.05) is 12.1 Å². The highest BCUT2D eigenvalue weighted by Gasteiger charge is 2.32. The van der Waals surface area contributed by atoms with E-state index in [-0.39, 0.29) is 11.1 Å². The molecule has 1 aliphatic rings. The van der Waals surface area contributed by atoms with E-state index >= 15 is 4.39 Å². The summed E-state index contributed by atoms with van der Waals surface area (Å²) >= 11 is 0. The fourth-order valence-electron chi connectivity index (χ4n) is 3.87. The normalized spacial score (nSPS) is 12.1. The van der Waals surface area contributed by atoms with Gasteiger partial charge in [-0.05, 0) is 36.4 Å². The van der Waals surface area contributed by atoms with Crippen LogP contribution in [-0.4, -0.2) is 5.91 Å². The minimum atomic E-state index is -0.841. The van der Waals surface area contributed by atoms with Gasteiger partial charge < -0.3 is 10.5 Å². The van der Waals surface area contributed by atoms with Crippen LogP contribution < -0.4 is 15.0 Å². The summed E-state index contributed by atoms with van der Waals surface area (Å²) < 4.78 is 36.7. The van der Waals surface area contributed by atoms with Gasteiger partial charge in [-0.2, -0.15) is 8.96 Å². The summed E-state index contributed by atoms with van der Waals surface area (Å²) in [5.41, 5.74) is 6.49. The van der Waals surface area contributed by atoms with E-state index in [0.717, 1.165) is 10.8 Å². The zero-order valence-electron chi connectivity index (χ0n) is 14.2. The summed E-state index contributed by atoms with van der Waals surface area (Å²) in [4.78, 5) is 11.6. The lowest BCUT2D eigenvalue weighted by Gasteiger charge is -2.20. The summed E-state index contributed by atoms with van der Waals surface area (Å²) in [7, 11) is 1.68. The first-order chi connectivity index (χ1) is 13.0. The smallest absolute Gasteiger partial charge is 0.251 e. The molecule has 2 heterocycles. The molecule has 6 heteroatoms. The van der Waals surface area contributed by atoms with Crippen molar-refractivity contribution in [1.82, 2.24) is 0 Å². The molecule has 0 saturated carbocycles. The Morgan fingerprint density at radius 1 is 1.04 bits per heavy atom. The molecular formula is C21H13F2N2O2+. The molecule has 0 aliphatic carbocycles. The van der Waals surface area contributed by atoms with E-state index in [1.165, 1.54) is 18.2 Å². The Morgan fingerprint density at radius 2 is 1.85 bits per heavy atom. The molecule has 0 spiro atoms. The highest BCUT2D eigenvalue weighted by atomic mass is 19.1. The number of aryl methyl sites for hydroxylation is 1. The largest absolute Gasteiger partial charge is 0.456 e. The van der Waals surface area contributed by atoms with E-state index in [0.29, 0.717) is 28.1 Å². The van der Waals surface area contributed by atoms with Gasteiger partial charge in [-0.15, -0.1) is 0 Å². The topological polar surface area (TPSA) is 56.2 Å². The van der Waals surface area contributed by atoms with Gasteiger partial charge in [0.1, 0.15) is 24.4 Å². The lowest BCUT2D eigenvalue weighted by Crippen LogP contribution is -2.35. The van der Waals surface area contributed by atoms with Crippen LogP contribution in [0.3, 0.4) is 0 Å². The monoisotopic (exact) mass is 363 g/mol. The molecule has 27 heavy (non-hydrogen) atoms. The van der Waals surface area contributed by atoms with Crippen molar-refractivity contribution in [2.24, 2.45) is 12.8 Å². The predicted octanol–water partition coefficient (Wildman–Crippen LogP) is 3.97. The molecule has 1 aromatic heterocycles. The number of nitrogens with zero attached hydrogens (tertiary/aromatic N) is 1. The molecule has 4 nitrogen and oxygen atoms in total. The molecule has 3 aromatic carbocycles. The van der Waals surface area contributed by atoms with Crippen LogP contribution in [0.15, 0.2) is 48.5 Å². The molecule has 132 valence electrons. The van der Waals surface area contributed by atoms with Crippen molar-refractivity contribution in [2.75, 3.05) is 0 Å². The highest BCUT2D eigenvalue weighted by Crippen LogP contribution is 2.46. The van der Waals surface area contributed by atoms with Gasteiger partial charge in [0.2, 0.25) is 17.0 Å². The van der Waals surface area contributed by atoms with Gasteiger partial charge in [-0.25, -0.2) is 4.39 Å². The third-order valence-corrected chi connectivity index (χ3v) is 5.02. The maximum Gasteiger partial charge on any atom is 0.251 e. The maximum atomic E-state index is 15.2. The van der Waals surface area contributed by atoms with Gasteiger partial charge >= 0.3 is 0 Å². The number of amides is 1. The average molecular weight is 363 g/mol. The highest BCUT2D eigenvalue weighted by molar-refractivity contribution is 6.13. The van der Waals surface area contributed by atoms with Crippen molar-refractivity contribution in [2.45, 2.75) is 0 Å². The van der Waals surface area contributed by atoms with Crippen LogP contribution in [0.1, 0.15) is 10.4 Å². The van der Waals surface area contributed by atoms with Crippen LogP contribution >= 0.6 is 0 Å². The lowest BCUT2D eigenvalue weighted by atomic mass is 9.95. The number of aromatic nitrogens is 1. The molecule has 1 amide bonds. The van der Waals surface area contributed by atoms with Gasteiger partial charge in [0.05, 0.1) is 21.9 Å². The summed E-state index contributed by atoms with van der Waals surface area (Å²) in [6, 6.07) is 12.8. The number of hydrogen-bond acceptors (Lipinski definition) is 2. The second-order valence-electron chi connectivity index (χ2n) is 6.52. The quantitative estimate of drug-likeness (QED) is 0.362. The Kier molecular flexibility index (Phi) is 3.04. The molecule has 0 saturated heterocycles. The summed E-state index contributed by atoms with van der Waals surface area (Å²) in [5.74, 6) is -0.866. The zero-order chi connectivity index (χ0) is 18.9. The number of nitrogens with two attached hydrogens (primary N) is 1. The van der Waals surface area contributed by atoms with Crippen molar-refractivity contribution < 1.29 is 22.9 Å². The van der Waals surface area contributed by atoms with E-state index in [9.17, 15) is 9.18 Å². The van der Waals surface area contributed by atoms with E-state index in [4.69, 9.17) is 10.5 Å². The minimum Gasteiger partial charge on any atom is -0.456 e. The number of carbonyl (C=O) groups excluding carboxylic acids is 1. The van der Waals surface area contributed by atoms with Gasteiger partial charge in [0.15, 0.2) is 0 Å². The fourth-order valence-corrected chi connectivity index (χ4v) is 3.87. The van der Waals surface area contributed by atoms with E-state index in [1.54, 1.807) is 23.7 Å². The van der Waals surface area contributed by atoms with Crippen LogP contribution in [0, 0.1) is 11.6 Å². The Hall–Kier alpha value is -3.54. The standard InChI is InChI=1S/C21H12F2N2O2/c1-25-19-14-9-10(22)5-8-15(14)27-16-4-2-3-11(17(16)19)12-6-7-13(21(24)26)18(23)20(12)25/h2-9H,1H3,(H-,24,26)/p+1. The fraction of sp³-hybridized carbons (Fsp3) is 0.0476. The first-order valence-electron chi connectivity index (χ1n) is 8.32. The molecule has 0 radical (unpaired) electrons. The van der Waals surface area contributed by atoms with Crippen molar-refractivity contribution in [3.8, 4) is 22.8 Å². The van der Waals surface area contributed by atoms with Gasteiger partial charge in [0, 0.05) is 5.39 Å². The molecular weight excluding hydrogens is 350 g/mol. The van der Waals surface area contributed by atoms with E-state index in [1.807, 2.05) is 18.2 Å². The molecule has 2 N–H and O–H groups in total. The predicted molar refractivity (Wildman–Crippen MR) is 96.6 cm³/mol. The second-order valence-corrected chi connectivity index (χ2v) is 6.52. The summed E-state index contributed by atoms with van der Waals surface area (Å²) in [5, 5.41) is 2.13.